The second kappa shape index (κ2) is 8.28. The second-order valence-corrected chi connectivity index (χ2v) is 8.64. The van der Waals surface area contributed by atoms with Gasteiger partial charge in [-0.25, -0.2) is 14.8 Å². The smallest absolute Gasteiger partial charge is 0.322 e. The summed E-state index contributed by atoms with van der Waals surface area (Å²) < 4.78 is 0. The van der Waals surface area contributed by atoms with E-state index >= 15 is 0 Å². The Kier molecular flexibility index (Phi) is 6.15. The minimum Gasteiger partial charge on any atom is -0.330 e. The van der Waals surface area contributed by atoms with Crippen molar-refractivity contribution in [1.29, 1.82) is 0 Å². The van der Waals surface area contributed by atoms with Crippen molar-refractivity contribution in [2.45, 2.75) is 50.6 Å². The molecule has 0 atom stereocenters. The van der Waals surface area contributed by atoms with Gasteiger partial charge in [-0.05, 0) is 77.5 Å². The van der Waals surface area contributed by atoms with Crippen LogP contribution in [0, 0.1) is 0 Å². The van der Waals surface area contributed by atoms with E-state index in [2.05, 4.69) is 71.3 Å². The number of nitrogens with one attached hydrogen (secondary N) is 1. The molecule has 1 saturated heterocycles. The third kappa shape index (κ3) is 4.09. The van der Waals surface area contributed by atoms with E-state index in [1.807, 2.05) is 13.8 Å². The van der Waals surface area contributed by atoms with Gasteiger partial charge < -0.3 is 5.32 Å². The zero-order valence-electron chi connectivity index (χ0n) is 17.7. The van der Waals surface area contributed by atoms with Gasteiger partial charge >= 0.3 is 6.03 Å². The topological polar surface area (TPSA) is 60.3 Å². The SMILES string of the molecule is C=N/C(Cl)=N\C(C)=C(/C)N1C[C@]2(CC[C@](c3ccccc3)(N(C)C)CC2)NC1=O. The number of halogens is 1. The monoisotopic (exact) mass is 415 g/mol. The number of hydrogen-bond acceptors (Lipinski definition) is 3. The molecular weight excluding hydrogens is 386 g/mol. The van der Waals surface area contributed by atoms with E-state index in [0.717, 1.165) is 31.4 Å². The highest BCUT2D eigenvalue weighted by atomic mass is 35.5. The average molecular weight is 416 g/mol. The lowest BCUT2D eigenvalue weighted by Crippen LogP contribution is -2.54. The number of nitrogens with zero attached hydrogens (tertiary/aromatic N) is 4. The highest BCUT2D eigenvalue weighted by molar-refractivity contribution is 6.65. The lowest BCUT2D eigenvalue weighted by molar-refractivity contribution is 0.0628. The van der Waals surface area contributed by atoms with E-state index in [0.29, 0.717) is 12.2 Å². The van der Waals surface area contributed by atoms with Gasteiger partial charge in [-0.3, -0.25) is 9.80 Å². The first-order chi connectivity index (χ1) is 13.7. The summed E-state index contributed by atoms with van der Waals surface area (Å²) in [7, 11) is 4.30. The maximum Gasteiger partial charge on any atom is 0.322 e. The van der Waals surface area contributed by atoms with Crippen LogP contribution in [0.5, 0.6) is 0 Å². The maximum atomic E-state index is 12.8. The number of hydrogen-bond donors (Lipinski definition) is 1. The van der Waals surface area contributed by atoms with Gasteiger partial charge in [-0.15, -0.1) is 0 Å². The van der Waals surface area contributed by atoms with Crippen LogP contribution in [0.2, 0.25) is 0 Å². The van der Waals surface area contributed by atoms with Gasteiger partial charge in [0.15, 0.2) is 0 Å². The van der Waals surface area contributed by atoms with Crippen molar-refractivity contribution in [3.63, 3.8) is 0 Å². The summed E-state index contributed by atoms with van der Waals surface area (Å²) in [5.41, 5.74) is 2.58. The molecule has 1 aliphatic heterocycles. The Bertz CT molecular complexity index is 838. The third-order valence-electron chi connectivity index (χ3n) is 6.60. The van der Waals surface area contributed by atoms with Gasteiger partial charge in [0.1, 0.15) is 0 Å². The third-order valence-corrected chi connectivity index (χ3v) is 6.80. The molecule has 7 heteroatoms. The van der Waals surface area contributed by atoms with E-state index in [4.69, 9.17) is 11.6 Å². The highest BCUT2D eigenvalue weighted by Gasteiger charge is 2.50. The van der Waals surface area contributed by atoms with E-state index in [-0.39, 0.29) is 22.4 Å². The summed E-state index contributed by atoms with van der Waals surface area (Å²) in [4.78, 5) is 24.7. The Balaban J connectivity index is 1.80. The summed E-state index contributed by atoms with van der Waals surface area (Å²) >= 11 is 5.87. The van der Waals surface area contributed by atoms with Crippen LogP contribution in [0.15, 0.2) is 51.7 Å². The highest BCUT2D eigenvalue weighted by Crippen LogP contribution is 2.46. The van der Waals surface area contributed by atoms with Crippen LogP contribution in [0.4, 0.5) is 4.79 Å². The maximum absolute atomic E-state index is 12.8. The predicted molar refractivity (Wildman–Crippen MR) is 119 cm³/mol. The number of aliphatic imine (C=N–C) groups is 2. The molecule has 0 unspecified atom stereocenters. The fourth-order valence-corrected chi connectivity index (χ4v) is 4.72. The Hall–Kier alpha value is -2.18. The van der Waals surface area contributed by atoms with Gasteiger partial charge in [-0.2, -0.15) is 0 Å². The van der Waals surface area contributed by atoms with Crippen molar-refractivity contribution in [3.8, 4) is 0 Å². The zero-order chi connectivity index (χ0) is 21.2. The molecule has 29 heavy (non-hydrogen) atoms. The molecule has 1 heterocycles. The summed E-state index contributed by atoms with van der Waals surface area (Å²) in [6.07, 6.45) is 3.83. The number of carbonyl (C=O) groups excluding carboxylic acids is 1. The van der Waals surface area contributed by atoms with Crippen molar-refractivity contribution < 1.29 is 4.79 Å². The molecular formula is C22H30ClN5O. The Morgan fingerprint density at radius 2 is 1.79 bits per heavy atom. The quantitative estimate of drug-likeness (QED) is 0.452. The van der Waals surface area contributed by atoms with E-state index in [1.54, 1.807) is 4.90 Å². The van der Waals surface area contributed by atoms with Gasteiger partial charge in [0, 0.05) is 11.2 Å². The molecule has 1 aromatic rings. The standard InChI is InChI=1S/C22H30ClN5O/c1-16(25-19(23)24-3)17(2)28-15-21(26-20(28)29)11-13-22(14-12-21,27(4)5)18-9-7-6-8-10-18/h6-10H,3,11-15H2,1-2,4-5H3,(H,26,29)/b17-16+,25-19-/t21-,22+. The molecule has 0 aromatic heterocycles. The van der Waals surface area contributed by atoms with Crippen molar-refractivity contribution >= 4 is 29.6 Å². The summed E-state index contributed by atoms with van der Waals surface area (Å²) in [6.45, 7) is 7.73. The molecule has 1 saturated carbocycles. The Morgan fingerprint density at radius 3 is 2.34 bits per heavy atom. The molecule has 1 spiro atoms. The summed E-state index contributed by atoms with van der Waals surface area (Å²) in [6, 6.07) is 10.6. The van der Waals surface area contributed by atoms with Gasteiger partial charge in [0.05, 0.1) is 17.8 Å². The first kappa shape index (κ1) is 21.5. The van der Waals surface area contributed by atoms with E-state index in [1.165, 1.54) is 5.56 Å². The van der Waals surface area contributed by atoms with Gasteiger partial charge in [0.2, 0.25) is 5.29 Å². The molecule has 3 rings (SSSR count). The van der Waals surface area contributed by atoms with Crippen molar-refractivity contribution in [3.05, 3.63) is 47.3 Å². The summed E-state index contributed by atoms with van der Waals surface area (Å²) in [5.74, 6) is 0. The lowest BCUT2D eigenvalue weighted by Gasteiger charge is -2.48. The number of amidine groups is 1. The minimum absolute atomic E-state index is 0.00108. The minimum atomic E-state index is -0.211. The molecule has 1 aliphatic carbocycles. The van der Waals surface area contributed by atoms with Crippen LogP contribution in [0.25, 0.3) is 0 Å². The number of benzene rings is 1. The molecule has 156 valence electrons. The largest absolute Gasteiger partial charge is 0.330 e. The number of urea groups is 1. The predicted octanol–water partition coefficient (Wildman–Crippen LogP) is 4.33. The van der Waals surface area contributed by atoms with Crippen LogP contribution < -0.4 is 5.32 Å². The molecule has 1 aromatic carbocycles. The lowest BCUT2D eigenvalue weighted by atomic mass is 9.69. The van der Waals surface area contributed by atoms with Crippen molar-refractivity contribution in [2.24, 2.45) is 9.98 Å². The van der Waals surface area contributed by atoms with Crippen LogP contribution in [-0.2, 0) is 5.54 Å². The van der Waals surface area contributed by atoms with Crippen LogP contribution in [0.1, 0.15) is 45.1 Å². The van der Waals surface area contributed by atoms with E-state index < -0.39 is 0 Å². The number of rotatable bonds is 4. The molecule has 1 N–H and O–H groups in total. The molecule has 2 amide bonds. The Labute approximate surface area is 178 Å². The van der Waals surface area contributed by atoms with Crippen molar-refractivity contribution in [1.82, 2.24) is 15.1 Å². The molecule has 2 fully saturated rings. The van der Waals surface area contributed by atoms with Crippen LogP contribution in [-0.4, -0.2) is 54.0 Å². The van der Waals surface area contributed by atoms with Crippen LogP contribution >= 0.6 is 11.6 Å². The molecule has 2 aliphatic rings. The summed E-state index contributed by atoms with van der Waals surface area (Å²) in [5, 5.41) is 3.34. The first-order valence-corrected chi connectivity index (χ1v) is 10.3. The van der Waals surface area contributed by atoms with E-state index in [9.17, 15) is 4.79 Å². The van der Waals surface area contributed by atoms with Crippen LogP contribution in [0.3, 0.4) is 0 Å². The molecule has 6 nitrogen and oxygen atoms in total. The normalized spacial score (nSPS) is 28.6. The zero-order valence-corrected chi connectivity index (χ0v) is 18.5. The fourth-order valence-electron chi connectivity index (χ4n) is 4.60. The number of allylic oxidation sites excluding steroid dienone is 2. The fraction of sp³-hybridized carbons (Fsp3) is 0.500. The second-order valence-electron chi connectivity index (χ2n) is 8.30. The number of amides is 2. The molecule has 0 radical (unpaired) electrons. The average Bonchev–Trinajstić information content (AvgIpc) is 3.04. The Morgan fingerprint density at radius 1 is 1.17 bits per heavy atom. The molecule has 0 bridgehead atoms. The number of carbonyl (C=O) groups is 1. The van der Waals surface area contributed by atoms with Gasteiger partial charge in [0.25, 0.3) is 0 Å². The van der Waals surface area contributed by atoms with Gasteiger partial charge in [-0.1, -0.05) is 30.3 Å². The first-order valence-electron chi connectivity index (χ1n) is 9.94. The van der Waals surface area contributed by atoms with Crippen molar-refractivity contribution in [2.75, 3.05) is 20.6 Å².